The van der Waals surface area contributed by atoms with Crippen LogP contribution in [0.15, 0.2) is 42.5 Å². The van der Waals surface area contributed by atoms with Crippen LogP contribution in [0.4, 0.5) is 5.69 Å². The van der Waals surface area contributed by atoms with Crippen LogP contribution in [0.1, 0.15) is 35.6 Å². The fourth-order valence-corrected chi connectivity index (χ4v) is 4.22. The van der Waals surface area contributed by atoms with E-state index in [-0.39, 0.29) is 6.10 Å². The minimum absolute atomic E-state index is 0.181. The molecule has 174 valence electrons. The summed E-state index contributed by atoms with van der Waals surface area (Å²) in [5.41, 5.74) is 9.29. The van der Waals surface area contributed by atoms with Gasteiger partial charge in [0.15, 0.2) is 0 Å². The fraction of sp³-hybridized carbons (Fsp3) is 0.500. The number of anilines is 1. The van der Waals surface area contributed by atoms with E-state index in [9.17, 15) is 20.4 Å². The number of nitrogen functional groups attached to an aromatic ring is 1. The number of aliphatic hydroxyl groups is 4. The van der Waals surface area contributed by atoms with Crippen LogP contribution in [0.3, 0.4) is 0 Å². The van der Waals surface area contributed by atoms with Gasteiger partial charge < -0.3 is 40.4 Å². The molecule has 2 heterocycles. The van der Waals surface area contributed by atoms with Gasteiger partial charge in [-0.05, 0) is 41.3 Å². The van der Waals surface area contributed by atoms with Gasteiger partial charge in [-0.15, -0.1) is 0 Å². The van der Waals surface area contributed by atoms with Crippen molar-refractivity contribution in [2.24, 2.45) is 0 Å². The average Bonchev–Trinajstić information content (AvgIpc) is 2.81. The Balaban J connectivity index is 1.47. The largest absolute Gasteiger partial charge is 0.490 e. The molecule has 8 nitrogen and oxygen atoms in total. The first kappa shape index (κ1) is 23.0. The second-order valence-electron chi connectivity index (χ2n) is 8.46. The molecule has 2 fully saturated rings. The van der Waals surface area contributed by atoms with Gasteiger partial charge >= 0.3 is 0 Å². The highest BCUT2D eigenvalue weighted by molar-refractivity contribution is 5.51. The van der Waals surface area contributed by atoms with Crippen molar-refractivity contribution < 1.29 is 34.6 Å². The smallest absolute Gasteiger partial charge is 0.119 e. The van der Waals surface area contributed by atoms with Gasteiger partial charge in [-0.2, -0.15) is 0 Å². The van der Waals surface area contributed by atoms with Gasteiger partial charge in [0.25, 0.3) is 0 Å². The second kappa shape index (κ2) is 10.2. The molecule has 0 bridgehead atoms. The number of hydrogen-bond donors (Lipinski definition) is 5. The molecule has 0 spiro atoms. The summed E-state index contributed by atoms with van der Waals surface area (Å²) in [4.78, 5) is 0. The molecular weight excluding hydrogens is 414 g/mol. The van der Waals surface area contributed by atoms with E-state index in [1.54, 1.807) is 12.1 Å². The maximum Gasteiger partial charge on any atom is 0.119 e. The van der Waals surface area contributed by atoms with Crippen molar-refractivity contribution in [3.63, 3.8) is 0 Å². The first-order chi connectivity index (χ1) is 15.5. The molecular formula is C24H31NO7. The summed E-state index contributed by atoms with van der Waals surface area (Å²) < 4.78 is 17.1. The normalized spacial score (nSPS) is 29.1. The monoisotopic (exact) mass is 445 g/mol. The van der Waals surface area contributed by atoms with Gasteiger partial charge in [0, 0.05) is 18.5 Å². The molecule has 2 aromatic carbocycles. The molecule has 2 aliphatic heterocycles. The van der Waals surface area contributed by atoms with E-state index in [1.807, 2.05) is 30.3 Å². The highest BCUT2D eigenvalue weighted by atomic mass is 16.5. The van der Waals surface area contributed by atoms with Gasteiger partial charge in [0.05, 0.1) is 19.8 Å². The second-order valence-corrected chi connectivity index (χ2v) is 8.46. The van der Waals surface area contributed by atoms with E-state index in [0.29, 0.717) is 17.7 Å². The van der Waals surface area contributed by atoms with E-state index < -0.39 is 37.1 Å². The van der Waals surface area contributed by atoms with Gasteiger partial charge in [0.1, 0.15) is 42.4 Å². The molecule has 32 heavy (non-hydrogen) atoms. The zero-order chi connectivity index (χ0) is 22.7. The molecule has 3 unspecified atom stereocenters. The number of nitrogens with two attached hydrogens (primary N) is 1. The number of rotatable bonds is 6. The minimum atomic E-state index is -1.42. The molecule has 6 N–H and O–H groups in total. The standard InChI is InChI=1S/C24H31NO7/c25-19-6-3-15(24-23(29)22(28)21(27)20(13-26)32-24)12-16(19)11-14-1-4-17(5-2-14)31-18-7-9-30-10-8-18/h1-6,12,18,20-24,26-29H,7-11,13,25H2/t20?,21-,22?,23-,24?/m1/s1. The molecule has 8 heteroatoms. The van der Waals surface area contributed by atoms with Crippen LogP contribution in [0, 0.1) is 0 Å². The predicted octanol–water partition coefficient (Wildman–Crippen LogP) is 0.932. The lowest BCUT2D eigenvalue weighted by atomic mass is 9.89. The lowest BCUT2D eigenvalue weighted by Crippen LogP contribution is -2.55. The molecule has 0 radical (unpaired) electrons. The third-order valence-corrected chi connectivity index (χ3v) is 6.18. The molecule has 2 aliphatic rings. The molecule has 2 saturated heterocycles. The fourth-order valence-electron chi connectivity index (χ4n) is 4.22. The average molecular weight is 446 g/mol. The van der Waals surface area contributed by atoms with Gasteiger partial charge in [-0.25, -0.2) is 0 Å². The summed E-state index contributed by atoms with van der Waals surface area (Å²) in [7, 11) is 0. The van der Waals surface area contributed by atoms with E-state index in [2.05, 4.69) is 0 Å². The number of aliphatic hydroxyl groups excluding tert-OH is 4. The molecule has 0 aliphatic carbocycles. The van der Waals surface area contributed by atoms with Crippen LogP contribution in [-0.4, -0.2) is 70.8 Å². The highest BCUT2D eigenvalue weighted by Crippen LogP contribution is 2.34. The topological polar surface area (TPSA) is 135 Å². The zero-order valence-electron chi connectivity index (χ0n) is 17.8. The molecule has 4 rings (SSSR count). The first-order valence-electron chi connectivity index (χ1n) is 11.0. The zero-order valence-corrected chi connectivity index (χ0v) is 17.8. The van der Waals surface area contributed by atoms with Gasteiger partial charge in [-0.1, -0.05) is 24.3 Å². The molecule has 5 atom stereocenters. The predicted molar refractivity (Wildman–Crippen MR) is 117 cm³/mol. The van der Waals surface area contributed by atoms with E-state index in [4.69, 9.17) is 19.9 Å². The summed E-state index contributed by atoms with van der Waals surface area (Å²) in [6.07, 6.45) is -3.45. The SMILES string of the molecule is Nc1ccc(C2OC(CO)[C@@H](O)C(O)[C@H]2O)cc1Cc1ccc(OC2CCOCC2)cc1. The third-order valence-electron chi connectivity index (χ3n) is 6.18. The maximum absolute atomic E-state index is 10.4. The Morgan fingerprint density at radius 2 is 1.66 bits per heavy atom. The Bertz CT molecular complexity index is 882. The number of benzene rings is 2. The third kappa shape index (κ3) is 5.06. The molecule has 0 saturated carbocycles. The summed E-state index contributed by atoms with van der Waals surface area (Å²) in [6.45, 7) is 0.991. The molecule has 0 amide bonds. The Hall–Kier alpha value is -2.20. The van der Waals surface area contributed by atoms with Crippen LogP contribution < -0.4 is 10.5 Å². The lowest BCUT2D eigenvalue weighted by Gasteiger charge is -2.40. The number of ether oxygens (including phenoxy) is 3. The van der Waals surface area contributed by atoms with Crippen molar-refractivity contribution in [1.82, 2.24) is 0 Å². The molecule has 0 aromatic heterocycles. The maximum atomic E-state index is 10.4. The lowest BCUT2D eigenvalue weighted by molar-refractivity contribution is -0.231. The van der Waals surface area contributed by atoms with Gasteiger partial charge in [-0.3, -0.25) is 0 Å². The van der Waals surface area contributed by atoms with Crippen molar-refractivity contribution in [2.45, 2.75) is 55.9 Å². The van der Waals surface area contributed by atoms with Crippen LogP contribution in [0.5, 0.6) is 5.75 Å². The first-order valence-corrected chi connectivity index (χ1v) is 11.0. The summed E-state index contributed by atoms with van der Waals surface area (Å²) in [5.74, 6) is 0.823. The van der Waals surface area contributed by atoms with Crippen molar-refractivity contribution >= 4 is 5.69 Å². The Labute approximate surface area is 187 Å². The highest BCUT2D eigenvalue weighted by Gasteiger charge is 2.44. The van der Waals surface area contributed by atoms with Crippen LogP contribution in [0.2, 0.25) is 0 Å². The number of hydrogen-bond acceptors (Lipinski definition) is 8. The minimum Gasteiger partial charge on any atom is -0.490 e. The summed E-state index contributed by atoms with van der Waals surface area (Å²) in [6, 6.07) is 13.2. The van der Waals surface area contributed by atoms with Crippen LogP contribution in [-0.2, 0) is 15.9 Å². The Morgan fingerprint density at radius 3 is 2.34 bits per heavy atom. The summed E-state index contributed by atoms with van der Waals surface area (Å²) in [5, 5.41) is 40.0. The Kier molecular flexibility index (Phi) is 7.30. The van der Waals surface area contributed by atoms with Gasteiger partial charge in [0.2, 0.25) is 0 Å². The van der Waals surface area contributed by atoms with E-state index >= 15 is 0 Å². The van der Waals surface area contributed by atoms with Crippen LogP contribution in [0.25, 0.3) is 0 Å². The van der Waals surface area contributed by atoms with Crippen molar-refractivity contribution in [3.8, 4) is 5.75 Å². The van der Waals surface area contributed by atoms with E-state index in [1.165, 1.54) is 0 Å². The van der Waals surface area contributed by atoms with Crippen molar-refractivity contribution in [2.75, 3.05) is 25.6 Å². The van der Waals surface area contributed by atoms with E-state index in [0.717, 1.165) is 42.9 Å². The quantitative estimate of drug-likeness (QED) is 0.415. The molecule has 2 aromatic rings. The Morgan fingerprint density at radius 1 is 0.938 bits per heavy atom. The van der Waals surface area contributed by atoms with Crippen LogP contribution >= 0.6 is 0 Å². The van der Waals surface area contributed by atoms with Crippen molar-refractivity contribution in [3.05, 3.63) is 59.2 Å². The summed E-state index contributed by atoms with van der Waals surface area (Å²) >= 11 is 0. The van der Waals surface area contributed by atoms with Crippen molar-refractivity contribution in [1.29, 1.82) is 0 Å².